The Hall–Kier alpha value is -1.18. The fourth-order valence-electron chi connectivity index (χ4n) is 2.09. The Kier molecular flexibility index (Phi) is 2.53. The molecule has 1 aromatic heterocycles. The smallest absolute Gasteiger partial charge is 0.325 e. The molecule has 17 heavy (non-hydrogen) atoms. The van der Waals surface area contributed by atoms with Crippen LogP contribution >= 0.6 is 11.6 Å². The number of likely N-dealkylation sites (tertiary alicyclic amines) is 1. The van der Waals surface area contributed by atoms with Crippen LogP contribution in [0.15, 0.2) is 6.20 Å². The van der Waals surface area contributed by atoms with E-state index in [4.69, 9.17) is 16.3 Å². The van der Waals surface area contributed by atoms with Gasteiger partial charge < -0.3 is 4.74 Å². The predicted molar refractivity (Wildman–Crippen MR) is 59.1 cm³/mol. The normalized spacial score (nSPS) is 22.2. The molecule has 2 aliphatic heterocycles. The van der Waals surface area contributed by atoms with Crippen LogP contribution in [-0.4, -0.2) is 51.9 Å². The van der Waals surface area contributed by atoms with Crippen molar-refractivity contribution in [3.8, 4) is 0 Å². The lowest BCUT2D eigenvalue weighted by Crippen LogP contribution is -2.59. The van der Waals surface area contributed by atoms with Crippen molar-refractivity contribution in [2.45, 2.75) is 12.1 Å². The molecule has 3 heterocycles. The molecule has 0 atom stereocenters. The van der Waals surface area contributed by atoms with E-state index in [2.05, 4.69) is 10.00 Å². The number of aromatic nitrogens is 2. The van der Waals surface area contributed by atoms with Crippen LogP contribution in [0.5, 0.6) is 0 Å². The van der Waals surface area contributed by atoms with Gasteiger partial charge in [-0.1, -0.05) is 11.6 Å². The molecule has 7 nitrogen and oxygen atoms in total. The lowest BCUT2D eigenvalue weighted by molar-refractivity contribution is -0.384. The van der Waals surface area contributed by atoms with Gasteiger partial charge in [-0.15, -0.1) is 0 Å². The molecular weight excluding hydrogens is 248 g/mol. The van der Waals surface area contributed by atoms with Gasteiger partial charge in [0.05, 0.1) is 30.2 Å². The van der Waals surface area contributed by atoms with Crippen LogP contribution in [0.2, 0.25) is 5.15 Å². The summed E-state index contributed by atoms with van der Waals surface area (Å²) in [7, 11) is 0. The van der Waals surface area contributed by atoms with Crippen molar-refractivity contribution in [2.75, 3.05) is 26.3 Å². The first-order valence-electron chi connectivity index (χ1n) is 5.36. The Morgan fingerprint density at radius 1 is 1.47 bits per heavy atom. The number of hydrogen-bond acceptors (Lipinski definition) is 5. The Morgan fingerprint density at radius 3 is 2.65 bits per heavy atom. The van der Waals surface area contributed by atoms with Crippen molar-refractivity contribution in [2.24, 2.45) is 0 Å². The molecule has 0 amide bonds. The monoisotopic (exact) mass is 258 g/mol. The second kappa shape index (κ2) is 3.94. The van der Waals surface area contributed by atoms with Gasteiger partial charge in [0.2, 0.25) is 5.15 Å². The number of nitro groups is 1. The van der Waals surface area contributed by atoms with E-state index in [1.54, 1.807) is 0 Å². The third-order valence-electron chi connectivity index (χ3n) is 3.29. The molecule has 2 saturated heterocycles. The average Bonchev–Trinajstić information content (AvgIpc) is 2.50. The quantitative estimate of drug-likeness (QED) is 0.589. The van der Waals surface area contributed by atoms with Crippen LogP contribution in [0.4, 0.5) is 5.69 Å². The van der Waals surface area contributed by atoms with Crippen molar-refractivity contribution in [3.05, 3.63) is 21.5 Å². The van der Waals surface area contributed by atoms with E-state index in [-0.39, 0.29) is 16.9 Å². The molecule has 1 aromatic rings. The highest BCUT2D eigenvalue weighted by Gasteiger charge is 2.38. The number of rotatable bonds is 3. The highest BCUT2D eigenvalue weighted by molar-refractivity contribution is 6.31. The molecule has 0 bridgehead atoms. The maximum Gasteiger partial charge on any atom is 0.325 e. The Morgan fingerprint density at radius 2 is 2.18 bits per heavy atom. The average molecular weight is 259 g/mol. The highest BCUT2D eigenvalue weighted by atomic mass is 35.5. The zero-order valence-electron chi connectivity index (χ0n) is 8.95. The molecular formula is C9H11ClN4O3. The lowest BCUT2D eigenvalue weighted by Gasteiger charge is -2.47. The van der Waals surface area contributed by atoms with Crippen LogP contribution in [0, 0.1) is 10.1 Å². The van der Waals surface area contributed by atoms with Crippen LogP contribution in [-0.2, 0) is 4.74 Å². The fourth-order valence-corrected chi connectivity index (χ4v) is 2.39. The van der Waals surface area contributed by atoms with Crippen molar-refractivity contribution in [1.29, 1.82) is 0 Å². The van der Waals surface area contributed by atoms with Gasteiger partial charge in [-0.05, 0) is 0 Å². The Balaban J connectivity index is 1.68. The number of halogens is 1. The van der Waals surface area contributed by atoms with Crippen molar-refractivity contribution >= 4 is 17.3 Å². The minimum Gasteiger partial charge on any atom is -0.378 e. The summed E-state index contributed by atoms with van der Waals surface area (Å²) in [6, 6.07) is 0.632. The van der Waals surface area contributed by atoms with E-state index in [0.29, 0.717) is 6.04 Å². The van der Waals surface area contributed by atoms with E-state index >= 15 is 0 Å². The zero-order chi connectivity index (χ0) is 12.0. The van der Waals surface area contributed by atoms with Gasteiger partial charge in [-0.3, -0.25) is 15.0 Å². The van der Waals surface area contributed by atoms with Gasteiger partial charge in [0, 0.05) is 13.1 Å². The number of nitrogens with zero attached hydrogens (tertiary/aromatic N) is 4. The predicted octanol–water partition coefficient (Wildman–Crippen LogP) is 0.700. The van der Waals surface area contributed by atoms with Gasteiger partial charge in [0.15, 0.2) is 0 Å². The SMILES string of the molecule is O=[N+]([O-])c1cnn(C2CN(C3COC3)C2)c1Cl. The Labute approximate surface area is 102 Å². The summed E-state index contributed by atoms with van der Waals surface area (Å²) in [4.78, 5) is 12.4. The molecule has 8 heteroatoms. The maximum atomic E-state index is 10.6. The molecule has 92 valence electrons. The van der Waals surface area contributed by atoms with E-state index in [1.807, 2.05) is 0 Å². The first kappa shape index (κ1) is 10.9. The van der Waals surface area contributed by atoms with Crippen molar-refractivity contribution in [3.63, 3.8) is 0 Å². The molecule has 3 rings (SSSR count). The minimum atomic E-state index is -0.512. The van der Waals surface area contributed by atoms with Gasteiger partial charge in [0.25, 0.3) is 0 Å². The molecule has 0 spiro atoms. The summed E-state index contributed by atoms with van der Waals surface area (Å²) in [5.74, 6) is 0. The van der Waals surface area contributed by atoms with E-state index in [0.717, 1.165) is 26.3 Å². The second-order valence-corrected chi connectivity index (χ2v) is 4.68. The van der Waals surface area contributed by atoms with Crippen LogP contribution in [0.25, 0.3) is 0 Å². The van der Waals surface area contributed by atoms with E-state index in [9.17, 15) is 10.1 Å². The number of hydrogen-bond donors (Lipinski definition) is 0. The molecule has 0 N–H and O–H groups in total. The molecule has 0 aliphatic carbocycles. The standard InChI is InChI=1S/C9H11ClN4O3/c10-9-8(14(15)16)1-11-13(9)6-2-12(3-6)7-4-17-5-7/h1,6-7H,2-5H2. The van der Waals surface area contributed by atoms with Gasteiger partial charge in [-0.25, -0.2) is 4.68 Å². The van der Waals surface area contributed by atoms with Gasteiger partial charge >= 0.3 is 5.69 Å². The third kappa shape index (κ3) is 1.70. The summed E-state index contributed by atoms with van der Waals surface area (Å²) in [5.41, 5.74) is -0.128. The Bertz CT molecular complexity index is 453. The lowest BCUT2D eigenvalue weighted by atomic mass is 10.0. The molecule has 0 radical (unpaired) electrons. The van der Waals surface area contributed by atoms with Crippen LogP contribution < -0.4 is 0 Å². The van der Waals surface area contributed by atoms with E-state index < -0.39 is 4.92 Å². The summed E-state index contributed by atoms with van der Waals surface area (Å²) >= 11 is 5.92. The number of ether oxygens (including phenoxy) is 1. The summed E-state index contributed by atoms with van der Waals surface area (Å²) in [5, 5.41) is 14.7. The summed E-state index contributed by atoms with van der Waals surface area (Å²) < 4.78 is 6.65. The third-order valence-corrected chi connectivity index (χ3v) is 3.65. The second-order valence-electron chi connectivity index (χ2n) is 4.32. The van der Waals surface area contributed by atoms with Crippen molar-refractivity contribution in [1.82, 2.24) is 14.7 Å². The zero-order valence-corrected chi connectivity index (χ0v) is 9.71. The van der Waals surface area contributed by atoms with Gasteiger partial charge in [-0.2, -0.15) is 5.10 Å². The highest BCUT2D eigenvalue weighted by Crippen LogP contribution is 2.32. The first-order chi connectivity index (χ1) is 8.16. The topological polar surface area (TPSA) is 73.4 Å². The molecule has 2 aliphatic rings. The first-order valence-corrected chi connectivity index (χ1v) is 5.74. The van der Waals surface area contributed by atoms with Crippen LogP contribution in [0.1, 0.15) is 6.04 Å². The summed E-state index contributed by atoms with van der Waals surface area (Å²) in [6.07, 6.45) is 1.21. The maximum absolute atomic E-state index is 10.6. The summed E-state index contributed by atoms with van der Waals surface area (Å²) in [6.45, 7) is 3.21. The molecule has 0 aromatic carbocycles. The van der Waals surface area contributed by atoms with Crippen molar-refractivity contribution < 1.29 is 9.66 Å². The molecule has 0 saturated carbocycles. The van der Waals surface area contributed by atoms with Crippen LogP contribution in [0.3, 0.4) is 0 Å². The van der Waals surface area contributed by atoms with E-state index in [1.165, 1.54) is 10.9 Å². The fraction of sp³-hybridized carbons (Fsp3) is 0.667. The largest absolute Gasteiger partial charge is 0.378 e. The molecule has 0 unspecified atom stereocenters. The molecule has 2 fully saturated rings. The minimum absolute atomic E-state index is 0.115. The van der Waals surface area contributed by atoms with Gasteiger partial charge in [0.1, 0.15) is 6.20 Å².